The molecule has 1 aliphatic rings. The molecular weight excluding hydrogens is 541 g/mol. The topological polar surface area (TPSA) is 36.9 Å². The third-order valence-corrected chi connectivity index (χ3v) is 11.3. The van der Waals surface area contributed by atoms with Gasteiger partial charge in [0.05, 0.1) is 44.3 Å². The second kappa shape index (κ2) is 15.0. The highest BCUT2D eigenvalue weighted by molar-refractivity contribution is 8.01. The number of fused-ring (bicyclic) bond motifs is 2. The summed E-state index contributed by atoms with van der Waals surface area (Å²) in [4.78, 5) is 6.93. The SMILES string of the molecule is C=C1c2sc(CCOCCOCC)cc2SC1C/C=C/c1c(C)sc2cc(CCOCCOCC)sc12. The molecule has 1 atom stereocenters. The number of rotatable bonds is 17. The quantitative estimate of drug-likeness (QED) is 0.151. The van der Waals surface area contributed by atoms with Gasteiger partial charge in [0.1, 0.15) is 0 Å². The third-order valence-electron chi connectivity index (χ3n) is 6.11. The Labute approximate surface area is 237 Å². The molecule has 0 amide bonds. The predicted molar refractivity (Wildman–Crippen MR) is 163 cm³/mol. The molecule has 0 saturated carbocycles. The van der Waals surface area contributed by atoms with Crippen molar-refractivity contribution in [3.8, 4) is 0 Å². The van der Waals surface area contributed by atoms with Crippen molar-refractivity contribution in [3.63, 3.8) is 0 Å². The first-order valence-electron chi connectivity index (χ1n) is 13.1. The van der Waals surface area contributed by atoms with Crippen LogP contribution in [0.4, 0.5) is 0 Å². The van der Waals surface area contributed by atoms with Gasteiger partial charge in [0.25, 0.3) is 0 Å². The highest BCUT2D eigenvalue weighted by Crippen LogP contribution is 2.50. The molecule has 202 valence electrons. The fourth-order valence-electron chi connectivity index (χ4n) is 4.18. The van der Waals surface area contributed by atoms with Gasteiger partial charge in [-0.3, -0.25) is 0 Å². The predicted octanol–water partition coefficient (Wildman–Crippen LogP) is 8.11. The number of ether oxygens (including phenoxy) is 4. The van der Waals surface area contributed by atoms with Crippen LogP contribution in [0.2, 0.25) is 0 Å². The van der Waals surface area contributed by atoms with Gasteiger partial charge in [-0.2, -0.15) is 0 Å². The van der Waals surface area contributed by atoms with E-state index in [2.05, 4.69) is 37.8 Å². The molecule has 37 heavy (non-hydrogen) atoms. The number of hydrogen-bond acceptors (Lipinski definition) is 8. The van der Waals surface area contributed by atoms with Crippen molar-refractivity contribution >= 4 is 66.8 Å². The number of thiophene rings is 3. The maximum absolute atomic E-state index is 5.71. The molecule has 0 spiro atoms. The van der Waals surface area contributed by atoms with Crippen LogP contribution in [0.15, 0.2) is 29.7 Å². The Morgan fingerprint density at radius 2 is 1.49 bits per heavy atom. The number of aryl methyl sites for hydroxylation is 1. The first-order valence-corrected chi connectivity index (χ1v) is 16.4. The highest BCUT2D eigenvalue weighted by Gasteiger charge is 2.28. The van der Waals surface area contributed by atoms with Crippen molar-refractivity contribution in [1.82, 2.24) is 0 Å². The zero-order valence-electron chi connectivity index (χ0n) is 22.1. The van der Waals surface area contributed by atoms with Crippen molar-refractivity contribution in [2.24, 2.45) is 0 Å². The van der Waals surface area contributed by atoms with Gasteiger partial charge in [-0.25, -0.2) is 0 Å². The van der Waals surface area contributed by atoms with Crippen LogP contribution in [0.5, 0.6) is 0 Å². The molecule has 1 unspecified atom stereocenters. The molecule has 0 saturated heterocycles. The molecule has 3 aromatic rings. The fourth-order valence-corrected chi connectivity index (χ4v) is 9.40. The lowest BCUT2D eigenvalue weighted by molar-refractivity contribution is 0.0543. The summed E-state index contributed by atoms with van der Waals surface area (Å²) in [6.45, 7) is 16.4. The van der Waals surface area contributed by atoms with E-state index in [1.165, 1.54) is 44.9 Å². The second-order valence-electron chi connectivity index (χ2n) is 8.77. The third kappa shape index (κ3) is 8.02. The molecule has 0 aromatic carbocycles. The van der Waals surface area contributed by atoms with E-state index >= 15 is 0 Å². The molecule has 0 aliphatic carbocycles. The van der Waals surface area contributed by atoms with E-state index in [1.807, 2.05) is 59.6 Å². The van der Waals surface area contributed by atoms with Crippen molar-refractivity contribution in [2.45, 2.75) is 50.2 Å². The smallest absolute Gasteiger partial charge is 0.0700 e. The molecule has 1 aliphatic heterocycles. The Morgan fingerprint density at radius 3 is 2.14 bits per heavy atom. The van der Waals surface area contributed by atoms with Crippen LogP contribution >= 0.6 is 45.8 Å². The Morgan fingerprint density at radius 1 is 0.838 bits per heavy atom. The molecule has 4 heterocycles. The molecule has 4 rings (SSSR count). The lowest BCUT2D eigenvalue weighted by Gasteiger charge is -2.08. The van der Waals surface area contributed by atoms with Gasteiger partial charge in [-0.05, 0) is 44.9 Å². The van der Waals surface area contributed by atoms with Gasteiger partial charge in [-0.1, -0.05) is 18.7 Å². The van der Waals surface area contributed by atoms with Crippen LogP contribution in [0.25, 0.3) is 21.0 Å². The molecular formula is C29H38O4S4. The van der Waals surface area contributed by atoms with Crippen LogP contribution in [0, 0.1) is 6.92 Å². The Hall–Kier alpha value is -0.970. The minimum Gasteiger partial charge on any atom is -0.379 e. The Kier molecular flexibility index (Phi) is 11.8. The standard InChI is InChI=1S/C29H38O4S4/c1-5-30-14-16-32-12-10-22-18-26-28(35-22)20(3)25(37-26)9-7-8-24-21(4)34-27-19-23(36-29(24)27)11-13-33-17-15-31-6-2/h7-8,18-19,25H,3,5-6,9-17H2,1-2,4H3/b8-7+. The van der Waals surface area contributed by atoms with Crippen LogP contribution in [-0.4, -0.2) is 58.1 Å². The molecule has 0 fully saturated rings. The van der Waals surface area contributed by atoms with Gasteiger partial charge in [0, 0.05) is 66.0 Å². The van der Waals surface area contributed by atoms with E-state index < -0.39 is 0 Å². The van der Waals surface area contributed by atoms with E-state index in [-0.39, 0.29) is 0 Å². The van der Waals surface area contributed by atoms with Crippen molar-refractivity contribution in [2.75, 3.05) is 52.9 Å². The summed E-state index contributed by atoms with van der Waals surface area (Å²) in [5, 5.41) is 0.427. The van der Waals surface area contributed by atoms with Gasteiger partial charge in [0.15, 0.2) is 0 Å². The molecule has 0 bridgehead atoms. The first-order chi connectivity index (χ1) is 18.1. The summed E-state index contributed by atoms with van der Waals surface area (Å²) in [5.74, 6) is 0. The maximum Gasteiger partial charge on any atom is 0.0700 e. The Bertz CT molecular complexity index is 1170. The van der Waals surface area contributed by atoms with E-state index in [1.54, 1.807) is 0 Å². The van der Waals surface area contributed by atoms with Gasteiger partial charge in [0.2, 0.25) is 0 Å². The zero-order chi connectivity index (χ0) is 26.0. The summed E-state index contributed by atoms with van der Waals surface area (Å²) in [7, 11) is 0. The van der Waals surface area contributed by atoms with Crippen molar-refractivity contribution < 1.29 is 18.9 Å². The molecule has 0 N–H and O–H groups in total. The largest absolute Gasteiger partial charge is 0.379 e. The van der Waals surface area contributed by atoms with Gasteiger partial charge >= 0.3 is 0 Å². The zero-order valence-corrected chi connectivity index (χ0v) is 25.4. The summed E-state index contributed by atoms with van der Waals surface area (Å²) in [6, 6.07) is 4.68. The van der Waals surface area contributed by atoms with E-state index in [9.17, 15) is 0 Å². The molecule has 8 heteroatoms. The molecule has 4 nitrogen and oxygen atoms in total. The maximum atomic E-state index is 5.71. The van der Waals surface area contributed by atoms with Crippen LogP contribution < -0.4 is 0 Å². The van der Waals surface area contributed by atoms with Crippen LogP contribution in [-0.2, 0) is 31.8 Å². The average Bonchev–Trinajstić information content (AvgIpc) is 3.61. The summed E-state index contributed by atoms with van der Waals surface area (Å²) in [5.41, 5.74) is 2.65. The highest BCUT2D eigenvalue weighted by atomic mass is 32.2. The van der Waals surface area contributed by atoms with Crippen LogP contribution in [0.1, 0.15) is 45.3 Å². The first kappa shape index (κ1) is 29.0. The molecule has 0 radical (unpaired) electrons. The average molecular weight is 579 g/mol. The van der Waals surface area contributed by atoms with Gasteiger partial charge in [-0.15, -0.1) is 45.8 Å². The summed E-state index contributed by atoms with van der Waals surface area (Å²) < 4.78 is 24.9. The summed E-state index contributed by atoms with van der Waals surface area (Å²) >= 11 is 7.65. The van der Waals surface area contributed by atoms with Gasteiger partial charge < -0.3 is 18.9 Å². The normalized spacial score (nSPS) is 15.5. The number of allylic oxidation sites excluding steroid dienone is 1. The molecule has 3 aromatic heterocycles. The van der Waals surface area contributed by atoms with E-state index in [0.29, 0.717) is 31.7 Å². The minimum absolute atomic E-state index is 0.427. The lowest BCUT2D eigenvalue weighted by Crippen LogP contribution is -2.06. The van der Waals surface area contributed by atoms with E-state index in [4.69, 9.17) is 18.9 Å². The number of thioether (sulfide) groups is 1. The van der Waals surface area contributed by atoms with E-state index in [0.717, 1.165) is 45.7 Å². The van der Waals surface area contributed by atoms with Crippen molar-refractivity contribution in [1.29, 1.82) is 0 Å². The summed E-state index contributed by atoms with van der Waals surface area (Å²) in [6.07, 6.45) is 7.60. The van der Waals surface area contributed by atoms with Crippen molar-refractivity contribution in [3.05, 3.63) is 49.9 Å². The monoisotopic (exact) mass is 578 g/mol. The lowest BCUT2D eigenvalue weighted by atomic mass is 10.1. The van der Waals surface area contributed by atoms with Crippen LogP contribution in [0.3, 0.4) is 0 Å². The number of hydrogen-bond donors (Lipinski definition) is 0. The minimum atomic E-state index is 0.427. The fraction of sp³-hybridized carbons (Fsp3) is 0.517. The second-order valence-corrected chi connectivity index (χ2v) is 13.5. The Balaban J connectivity index is 1.26.